The predicted octanol–water partition coefficient (Wildman–Crippen LogP) is 4.88. The Balaban J connectivity index is 1.24. The minimum atomic E-state index is 0.0391. The molecule has 0 spiro atoms. The van der Waals surface area contributed by atoms with E-state index in [2.05, 4.69) is 64.6 Å². The van der Waals surface area contributed by atoms with Crippen LogP contribution in [0, 0.1) is 5.92 Å². The van der Waals surface area contributed by atoms with Gasteiger partial charge in [-0.25, -0.2) is 4.98 Å². The van der Waals surface area contributed by atoms with E-state index in [4.69, 9.17) is 0 Å². The normalized spacial score (nSPS) is 14.9. The number of hydrogen-bond acceptors (Lipinski definition) is 4. The van der Waals surface area contributed by atoms with Crippen molar-refractivity contribution in [2.24, 2.45) is 5.92 Å². The third kappa shape index (κ3) is 5.30. The molecule has 29 heavy (non-hydrogen) atoms. The van der Waals surface area contributed by atoms with Gasteiger partial charge in [0.15, 0.2) is 0 Å². The van der Waals surface area contributed by atoms with Crippen LogP contribution in [-0.4, -0.2) is 29.7 Å². The van der Waals surface area contributed by atoms with Crippen molar-refractivity contribution in [2.45, 2.75) is 31.2 Å². The molecule has 0 saturated carbocycles. The first kappa shape index (κ1) is 19.8. The number of anilines is 1. The SMILES string of the molecule is CC1CCN(c2ccc(CNC(=O)CSc3ccc4ccccc4c3)cn2)CC1. The van der Waals surface area contributed by atoms with Gasteiger partial charge in [-0.3, -0.25) is 4.79 Å². The molecule has 4 nitrogen and oxygen atoms in total. The molecule has 1 saturated heterocycles. The highest BCUT2D eigenvalue weighted by Crippen LogP contribution is 2.24. The van der Waals surface area contributed by atoms with Crippen molar-refractivity contribution in [1.82, 2.24) is 10.3 Å². The molecule has 3 aromatic rings. The fourth-order valence-corrected chi connectivity index (χ4v) is 4.38. The second-order valence-electron chi connectivity index (χ2n) is 7.77. The van der Waals surface area contributed by atoms with Crippen LogP contribution in [0.15, 0.2) is 65.7 Å². The Morgan fingerprint density at radius 2 is 1.90 bits per heavy atom. The second-order valence-corrected chi connectivity index (χ2v) is 8.82. The van der Waals surface area contributed by atoms with E-state index in [9.17, 15) is 4.79 Å². The van der Waals surface area contributed by atoms with Gasteiger partial charge in [-0.15, -0.1) is 11.8 Å². The predicted molar refractivity (Wildman–Crippen MR) is 121 cm³/mol. The smallest absolute Gasteiger partial charge is 0.230 e. The van der Waals surface area contributed by atoms with Crippen LogP contribution in [0.2, 0.25) is 0 Å². The lowest BCUT2D eigenvalue weighted by molar-refractivity contribution is -0.118. The first-order chi connectivity index (χ1) is 14.2. The van der Waals surface area contributed by atoms with E-state index < -0.39 is 0 Å². The van der Waals surface area contributed by atoms with Gasteiger partial charge in [0.2, 0.25) is 5.91 Å². The Labute approximate surface area is 176 Å². The first-order valence-corrected chi connectivity index (χ1v) is 11.2. The molecule has 4 rings (SSSR count). The zero-order valence-corrected chi connectivity index (χ0v) is 17.6. The summed E-state index contributed by atoms with van der Waals surface area (Å²) in [6, 6.07) is 18.7. The number of rotatable bonds is 6. The average Bonchev–Trinajstić information content (AvgIpc) is 2.77. The Hall–Kier alpha value is -2.53. The zero-order valence-electron chi connectivity index (χ0n) is 16.8. The highest BCUT2D eigenvalue weighted by molar-refractivity contribution is 8.00. The molecule has 1 fully saturated rings. The number of amides is 1. The van der Waals surface area contributed by atoms with Crippen molar-refractivity contribution in [2.75, 3.05) is 23.7 Å². The van der Waals surface area contributed by atoms with Crippen molar-refractivity contribution in [3.05, 3.63) is 66.4 Å². The van der Waals surface area contributed by atoms with E-state index in [-0.39, 0.29) is 5.91 Å². The number of pyridine rings is 1. The number of fused-ring (bicyclic) bond motifs is 1. The molecule has 0 atom stereocenters. The monoisotopic (exact) mass is 405 g/mol. The number of benzene rings is 2. The fourth-order valence-electron chi connectivity index (χ4n) is 3.60. The molecule has 1 aliphatic rings. The van der Waals surface area contributed by atoms with Crippen LogP contribution in [0.5, 0.6) is 0 Å². The van der Waals surface area contributed by atoms with Crippen LogP contribution < -0.4 is 10.2 Å². The molecule has 1 amide bonds. The van der Waals surface area contributed by atoms with E-state index >= 15 is 0 Å². The van der Waals surface area contributed by atoms with Gasteiger partial charge in [-0.2, -0.15) is 0 Å². The Bertz CT molecular complexity index is 965. The first-order valence-electron chi connectivity index (χ1n) is 10.3. The lowest BCUT2D eigenvalue weighted by Crippen LogP contribution is -2.33. The summed E-state index contributed by atoms with van der Waals surface area (Å²) in [4.78, 5) is 20.3. The van der Waals surface area contributed by atoms with E-state index in [1.165, 1.54) is 23.6 Å². The fraction of sp³-hybridized carbons (Fsp3) is 0.333. The summed E-state index contributed by atoms with van der Waals surface area (Å²) >= 11 is 1.57. The van der Waals surface area contributed by atoms with Crippen molar-refractivity contribution in [3.63, 3.8) is 0 Å². The van der Waals surface area contributed by atoms with E-state index in [0.29, 0.717) is 12.3 Å². The number of hydrogen-bond donors (Lipinski definition) is 1. The number of carbonyl (C=O) groups is 1. The summed E-state index contributed by atoms with van der Waals surface area (Å²) in [5, 5.41) is 5.42. The molecule has 0 unspecified atom stereocenters. The Kier molecular flexibility index (Phi) is 6.35. The molecule has 1 aliphatic heterocycles. The summed E-state index contributed by atoms with van der Waals surface area (Å²) in [6.45, 7) is 4.99. The number of aromatic nitrogens is 1. The molecule has 1 N–H and O–H groups in total. The lowest BCUT2D eigenvalue weighted by Gasteiger charge is -2.31. The summed E-state index contributed by atoms with van der Waals surface area (Å²) in [5.74, 6) is 2.31. The van der Waals surface area contributed by atoms with Crippen molar-refractivity contribution in [1.29, 1.82) is 0 Å². The lowest BCUT2D eigenvalue weighted by atomic mass is 9.99. The summed E-state index contributed by atoms with van der Waals surface area (Å²) in [7, 11) is 0. The minimum Gasteiger partial charge on any atom is -0.357 e. The van der Waals surface area contributed by atoms with Crippen LogP contribution in [0.1, 0.15) is 25.3 Å². The Morgan fingerprint density at radius 1 is 1.10 bits per heavy atom. The maximum absolute atomic E-state index is 12.2. The maximum atomic E-state index is 12.2. The van der Waals surface area contributed by atoms with Gasteiger partial charge >= 0.3 is 0 Å². The molecule has 150 valence electrons. The largest absolute Gasteiger partial charge is 0.357 e. The van der Waals surface area contributed by atoms with Crippen molar-refractivity contribution < 1.29 is 4.79 Å². The van der Waals surface area contributed by atoms with Crippen LogP contribution in [-0.2, 0) is 11.3 Å². The van der Waals surface area contributed by atoms with Crippen molar-refractivity contribution >= 4 is 34.3 Å². The summed E-state index contributed by atoms with van der Waals surface area (Å²) in [6.07, 6.45) is 4.34. The van der Waals surface area contributed by atoms with Crippen molar-refractivity contribution in [3.8, 4) is 0 Å². The highest BCUT2D eigenvalue weighted by Gasteiger charge is 2.16. The molecule has 2 heterocycles. The van der Waals surface area contributed by atoms with E-state index in [0.717, 1.165) is 35.3 Å². The van der Waals surface area contributed by atoms with Gasteiger partial charge < -0.3 is 10.2 Å². The standard InChI is InChI=1S/C24H27N3OS/c1-18-10-12-27(13-11-18)23-9-6-19(15-25-23)16-26-24(28)17-29-22-8-7-20-4-2-3-5-21(20)14-22/h2-9,14-15,18H,10-13,16-17H2,1H3,(H,26,28). The number of nitrogens with zero attached hydrogens (tertiary/aromatic N) is 2. The van der Waals surface area contributed by atoms with Gasteiger partial charge in [-0.05, 0) is 53.3 Å². The molecule has 0 radical (unpaired) electrons. The zero-order chi connectivity index (χ0) is 20.1. The van der Waals surface area contributed by atoms with E-state index in [1.807, 2.05) is 18.3 Å². The van der Waals surface area contributed by atoms with E-state index in [1.54, 1.807) is 11.8 Å². The maximum Gasteiger partial charge on any atom is 0.230 e. The Morgan fingerprint density at radius 3 is 2.66 bits per heavy atom. The number of nitrogens with one attached hydrogen (secondary N) is 1. The van der Waals surface area contributed by atoms with Crippen LogP contribution in [0.3, 0.4) is 0 Å². The van der Waals surface area contributed by atoms with Gasteiger partial charge in [0.25, 0.3) is 0 Å². The molecule has 1 aromatic heterocycles. The number of thioether (sulfide) groups is 1. The molecule has 0 aliphatic carbocycles. The number of carbonyl (C=O) groups excluding carboxylic acids is 1. The summed E-state index contributed by atoms with van der Waals surface area (Å²) < 4.78 is 0. The molecule has 2 aromatic carbocycles. The average molecular weight is 406 g/mol. The van der Waals surface area contributed by atoms with Gasteiger partial charge in [0.1, 0.15) is 5.82 Å². The molecule has 5 heteroatoms. The van der Waals surface area contributed by atoms with Crippen LogP contribution >= 0.6 is 11.8 Å². The van der Waals surface area contributed by atoms with Gasteiger partial charge in [-0.1, -0.05) is 43.3 Å². The van der Waals surface area contributed by atoms with Crippen LogP contribution in [0.4, 0.5) is 5.82 Å². The van der Waals surface area contributed by atoms with Gasteiger partial charge in [0.05, 0.1) is 5.75 Å². The quantitative estimate of drug-likeness (QED) is 0.594. The van der Waals surface area contributed by atoms with Crippen LogP contribution in [0.25, 0.3) is 10.8 Å². The highest BCUT2D eigenvalue weighted by atomic mass is 32.2. The van der Waals surface area contributed by atoms with Gasteiger partial charge in [0, 0.05) is 30.7 Å². The molecular weight excluding hydrogens is 378 g/mol. The minimum absolute atomic E-state index is 0.0391. The number of piperidine rings is 1. The third-order valence-corrected chi connectivity index (χ3v) is 6.49. The second kappa shape index (κ2) is 9.31. The molecular formula is C24H27N3OS. The third-order valence-electron chi connectivity index (χ3n) is 5.50. The molecule has 0 bridgehead atoms. The topological polar surface area (TPSA) is 45.2 Å². The summed E-state index contributed by atoms with van der Waals surface area (Å²) in [5.41, 5.74) is 1.03.